The van der Waals surface area contributed by atoms with Gasteiger partial charge in [-0.25, -0.2) is 0 Å². The number of carbonyl (C=O) groups excluding carboxylic acids is 1. The van der Waals surface area contributed by atoms with Crippen LogP contribution in [0.5, 0.6) is 11.5 Å². The lowest BCUT2D eigenvalue weighted by Gasteiger charge is -2.22. The second kappa shape index (κ2) is 3.87. The number of hydrogen-bond donors (Lipinski definition) is 1. The number of rotatable bonds is 1. The number of nitrogens with zero attached hydrogens (tertiary/aromatic N) is 1. The minimum atomic E-state index is 0.132. The first-order valence-electron chi connectivity index (χ1n) is 6.67. The van der Waals surface area contributed by atoms with Crippen molar-refractivity contribution in [1.29, 1.82) is 0 Å². The number of carbonyl (C=O) groups is 1. The van der Waals surface area contributed by atoms with Crippen molar-refractivity contribution >= 4 is 11.6 Å². The van der Waals surface area contributed by atoms with Crippen molar-refractivity contribution in [2.75, 3.05) is 31.3 Å². The second-order valence-corrected chi connectivity index (χ2v) is 5.62. The third kappa shape index (κ3) is 1.69. The predicted octanol–water partition coefficient (Wildman–Crippen LogP) is 1.13. The molecule has 5 heteroatoms. The van der Waals surface area contributed by atoms with Crippen LogP contribution in [0.3, 0.4) is 0 Å². The SMILES string of the molecule is O=C1C[C@@]2(CCNC2)CN1c1ccc2c(c1)OCO2. The second-order valence-electron chi connectivity index (χ2n) is 5.62. The molecule has 2 fully saturated rings. The molecule has 5 nitrogen and oxygen atoms in total. The topological polar surface area (TPSA) is 50.8 Å². The molecule has 1 amide bonds. The first kappa shape index (κ1) is 11.1. The van der Waals surface area contributed by atoms with Gasteiger partial charge in [0.15, 0.2) is 11.5 Å². The Morgan fingerprint density at radius 1 is 1.26 bits per heavy atom. The van der Waals surface area contributed by atoms with Crippen molar-refractivity contribution in [2.24, 2.45) is 5.41 Å². The molecular weight excluding hydrogens is 244 g/mol. The Labute approximate surface area is 111 Å². The van der Waals surface area contributed by atoms with Gasteiger partial charge in [0, 0.05) is 36.7 Å². The van der Waals surface area contributed by atoms with E-state index in [0.717, 1.165) is 43.2 Å². The summed E-state index contributed by atoms with van der Waals surface area (Å²) < 4.78 is 10.7. The summed E-state index contributed by atoms with van der Waals surface area (Å²) in [5, 5.41) is 3.37. The van der Waals surface area contributed by atoms with Gasteiger partial charge in [0.1, 0.15) is 0 Å². The van der Waals surface area contributed by atoms with Gasteiger partial charge in [0.25, 0.3) is 0 Å². The Morgan fingerprint density at radius 2 is 2.16 bits per heavy atom. The van der Waals surface area contributed by atoms with Crippen molar-refractivity contribution < 1.29 is 14.3 Å². The number of hydrogen-bond acceptors (Lipinski definition) is 4. The maximum absolute atomic E-state index is 12.3. The quantitative estimate of drug-likeness (QED) is 0.822. The van der Waals surface area contributed by atoms with Gasteiger partial charge in [-0.05, 0) is 25.1 Å². The lowest BCUT2D eigenvalue weighted by atomic mass is 9.86. The van der Waals surface area contributed by atoms with Crippen LogP contribution in [0.2, 0.25) is 0 Å². The molecule has 0 aromatic heterocycles. The van der Waals surface area contributed by atoms with Crippen LogP contribution in [-0.4, -0.2) is 32.3 Å². The largest absolute Gasteiger partial charge is 0.454 e. The van der Waals surface area contributed by atoms with Crippen LogP contribution in [0.4, 0.5) is 5.69 Å². The zero-order valence-electron chi connectivity index (χ0n) is 10.6. The van der Waals surface area contributed by atoms with E-state index in [4.69, 9.17) is 9.47 Å². The number of benzene rings is 1. The highest BCUT2D eigenvalue weighted by molar-refractivity contribution is 5.96. The van der Waals surface area contributed by atoms with Gasteiger partial charge in [-0.2, -0.15) is 0 Å². The van der Waals surface area contributed by atoms with E-state index >= 15 is 0 Å². The van der Waals surface area contributed by atoms with Gasteiger partial charge >= 0.3 is 0 Å². The first-order chi connectivity index (χ1) is 9.26. The number of fused-ring (bicyclic) bond motifs is 1. The van der Waals surface area contributed by atoms with Crippen molar-refractivity contribution in [1.82, 2.24) is 5.32 Å². The molecule has 1 atom stereocenters. The molecule has 1 aromatic rings. The highest BCUT2D eigenvalue weighted by Crippen LogP contribution is 2.41. The Hall–Kier alpha value is -1.75. The van der Waals surface area contributed by atoms with E-state index < -0.39 is 0 Å². The van der Waals surface area contributed by atoms with Crippen LogP contribution < -0.4 is 19.7 Å². The lowest BCUT2D eigenvalue weighted by molar-refractivity contribution is -0.117. The van der Waals surface area contributed by atoms with Gasteiger partial charge < -0.3 is 19.7 Å². The van der Waals surface area contributed by atoms with E-state index in [1.54, 1.807) is 0 Å². The summed E-state index contributed by atoms with van der Waals surface area (Å²) in [4.78, 5) is 14.1. The number of anilines is 1. The van der Waals surface area contributed by atoms with Crippen LogP contribution in [-0.2, 0) is 4.79 Å². The standard InChI is InChI=1S/C14H16N2O3/c17-13-6-14(3-4-15-7-14)8-16(13)10-1-2-11-12(5-10)19-9-18-11/h1-2,5,15H,3-4,6-9H2/t14-/m1/s1. The molecule has 1 N–H and O–H groups in total. The molecule has 0 saturated carbocycles. The molecule has 1 aromatic carbocycles. The van der Waals surface area contributed by atoms with Gasteiger partial charge in [-0.3, -0.25) is 4.79 Å². The summed E-state index contributed by atoms with van der Waals surface area (Å²) in [6.07, 6.45) is 1.73. The highest BCUT2D eigenvalue weighted by atomic mass is 16.7. The number of amides is 1. The average molecular weight is 260 g/mol. The number of nitrogens with one attached hydrogen (secondary N) is 1. The van der Waals surface area contributed by atoms with Crippen molar-refractivity contribution in [3.05, 3.63) is 18.2 Å². The third-order valence-corrected chi connectivity index (χ3v) is 4.32. The summed E-state index contributed by atoms with van der Waals surface area (Å²) in [5.41, 5.74) is 1.05. The van der Waals surface area contributed by atoms with E-state index in [0.29, 0.717) is 6.42 Å². The fourth-order valence-corrected chi connectivity index (χ4v) is 3.27. The molecule has 3 aliphatic heterocycles. The number of ether oxygens (including phenoxy) is 2. The Kier molecular flexibility index (Phi) is 2.26. The van der Waals surface area contributed by atoms with Crippen LogP contribution >= 0.6 is 0 Å². The smallest absolute Gasteiger partial charge is 0.231 e. The molecular formula is C14H16N2O3. The molecule has 100 valence electrons. The van der Waals surface area contributed by atoms with Crippen molar-refractivity contribution in [3.63, 3.8) is 0 Å². The maximum Gasteiger partial charge on any atom is 0.231 e. The Morgan fingerprint density at radius 3 is 3.00 bits per heavy atom. The molecule has 3 heterocycles. The van der Waals surface area contributed by atoms with Crippen LogP contribution in [0, 0.1) is 5.41 Å². The molecule has 2 saturated heterocycles. The fourth-order valence-electron chi connectivity index (χ4n) is 3.27. The molecule has 0 radical (unpaired) electrons. The van der Waals surface area contributed by atoms with Crippen molar-refractivity contribution in [2.45, 2.75) is 12.8 Å². The highest BCUT2D eigenvalue weighted by Gasteiger charge is 2.45. The summed E-state index contributed by atoms with van der Waals surface area (Å²) in [6, 6.07) is 5.72. The minimum Gasteiger partial charge on any atom is -0.454 e. The fraction of sp³-hybridized carbons (Fsp3) is 0.500. The molecule has 0 unspecified atom stereocenters. The summed E-state index contributed by atoms with van der Waals surface area (Å²) in [5.74, 6) is 1.70. The monoisotopic (exact) mass is 260 g/mol. The third-order valence-electron chi connectivity index (χ3n) is 4.32. The Bertz CT molecular complexity index is 537. The van der Waals surface area contributed by atoms with Gasteiger partial charge in [0.05, 0.1) is 0 Å². The average Bonchev–Trinajstić information content (AvgIpc) is 3.10. The van der Waals surface area contributed by atoms with E-state index in [2.05, 4.69) is 5.32 Å². The van der Waals surface area contributed by atoms with E-state index in [1.807, 2.05) is 23.1 Å². The predicted molar refractivity (Wildman–Crippen MR) is 69.5 cm³/mol. The molecule has 4 rings (SSSR count). The van der Waals surface area contributed by atoms with Crippen LogP contribution in [0.25, 0.3) is 0 Å². The van der Waals surface area contributed by atoms with Crippen LogP contribution in [0.1, 0.15) is 12.8 Å². The van der Waals surface area contributed by atoms with Gasteiger partial charge in [0.2, 0.25) is 12.7 Å². The Balaban J connectivity index is 1.64. The summed E-state index contributed by atoms with van der Waals surface area (Å²) in [6.45, 7) is 3.03. The van der Waals surface area contributed by atoms with E-state index in [1.165, 1.54) is 0 Å². The summed E-state index contributed by atoms with van der Waals surface area (Å²) >= 11 is 0. The van der Waals surface area contributed by atoms with E-state index in [9.17, 15) is 4.79 Å². The molecule has 3 aliphatic rings. The van der Waals surface area contributed by atoms with Crippen LogP contribution in [0.15, 0.2) is 18.2 Å². The molecule has 0 aliphatic carbocycles. The molecule has 19 heavy (non-hydrogen) atoms. The zero-order chi connectivity index (χ0) is 12.9. The van der Waals surface area contributed by atoms with E-state index in [-0.39, 0.29) is 18.1 Å². The maximum atomic E-state index is 12.3. The molecule has 1 spiro atoms. The molecule has 0 bridgehead atoms. The van der Waals surface area contributed by atoms with Gasteiger partial charge in [-0.1, -0.05) is 0 Å². The van der Waals surface area contributed by atoms with Crippen molar-refractivity contribution in [3.8, 4) is 11.5 Å². The summed E-state index contributed by atoms with van der Waals surface area (Å²) in [7, 11) is 0. The first-order valence-corrected chi connectivity index (χ1v) is 6.67. The van der Waals surface area contributed by atoms with Gasteiger partial charge in [-0.15, -0.1) is 0 Å². The zero-order valence-corrected chi connectivity index (χ0v) is 10.6. The lowest BCUT2D eigenvalue weighted by Crippen LogP contribution is -2.29. The minimum absolute atomic E-state index is 0.132. The normalized spacial score (nSPS) is 28.6.